The lowest BCUT2D eigenvalue weighted by Gasteiger charge is -2.10. The number of furan rings is 1. The summed E-state index contributed by atoms with van der Waals surface area (Å²) in [6.45, 7) is 10.4. The zero-order valence-corrected chi connectivity index (χ0v) is 18.4. The molecule has 0 aromatic carbocycles. The number of carbonyl (C=O) groups excluding carboxylic acids is 2. The molecule has 1 unspecified atom stereocenters. The summed E-state index contributed by atoms with van der Waals surface area (Å²) in [5, 5.41) is 0. The van der Waals surface area contributed by atoms with Crippen LogP contribution in [-0.2, 0) is 16.0 Å². The van der Waals surface area contributed by atoms with E-state index in [9.17, 15) is 9.59 Å². The van der Waals surface area contributed by atoms with Crippen LogP contribution in [-0.4, -0.2) is 11.6 Å². The number of ketones is 2. The molecular weight excluding hydrogens is 348 g/mol. The Morgan fingerprint density at radius 2 is 1.57 bits per heavy atom. The van der Waals surface area contributed by atoms with Gasteiger partial charge in [-0.3, -0.25) is 9.59 Å². The Bertz CT molecular complexity index is 647. The van der Waals surface area contributed by atoms with Gasteiger partial charge >= 0.3 is 0 Å². The van der Waals surface area contributed by atoms with Crippen LogP contribution in [0.5, 0.6) is 0 Å². The monoisotopic (exact) mass is 386 g/mol. The molecular formula is C25H38O3. The van der Waals surface area contributed by atoms with Crippen molar-refractivity contribution in [3.05, 3.63) is 47.5 Å². The molecule has 1 atom stereocenters. The van der Waals surface area contributed by atoms with Crippen molar-refractivity contribution in [2.24, 2.45) is 11.8 Å². The first-order valence-corrected chi connectivity index (χ1v) is 10.6. The average molecular weight is 387 g/mol. The van der Waals surface area contributed by atoms with E-state index in [1.807, 2.05) is 19.9 Å². The number of hydrogen-bond donors (Lipinski definition) is 0. The van der Waals surface area contributed by atoms with Crippen molar-refractivity contribution in [3.8, 4) is 0 Å². The second-order valence-corrected chi connectivity index (χ2v) is 8.69. The van der Waals surface area contributed by atoms with Crippen LogP contribution in [0.15, 0.2) is 46.3 Å². The van der Waals surface area contributed by atoms with Gasteiger partial charge < -0.3 is 4.42 Å². The topological polar surface area (TPSA) is 47.3 Å². The van der Waals surface area contributed by atoms with Gasteiger partial charge in [0.25, 0.3) is 0 Å². The van der Waals surface area contributed by atoms with Crippen molar-refractivity contribution in [1.29, 1.82) is 0 Å². The van der Waals surface area contributed by atoms with Crippen LogP contribution in [0, 0.1) is 11.8 Å². The second-order valence-electron chi connectivity index (χ2n) is 8.69. The summed E-state index contributed by atoms with van der Waals surface area (Å²) in [5.41, 5.74) is 3.50. The third kappa shape index (κ3) is 11.7. The van der Waals surface area contributed by atoms with Crippen molar-refractivity contribution in [2.45, 2.75) is 86.0 Å². The molecule has 3 heteroatoms. The highest BCUT2D eigenvalue weighted by Crippen LogP contribution is 2.17. The third-order valence-corrected chi connectivity index (χ3v) is 4.82. The molecule has 0 saturated heterocycles. The molecule has 0 aliphatic heterocycles. The largest absolute Gasteiger partial charge is 0.472 e. The molecule has 3 nitrogen and oxygen atoms in total. The summed E-state index contributed by atoms with van der Waals surface area (Å²) in [6.07, 6.45) is 14.0. The van der Waals surface area contributed by atoms with Gasteiger partial charge in [-0.1, -0.05) is 44.1 Å². The number of carbonyl (C=O) groups is 2. The molecule has 0 spiro atoms. The highest BCUT2D eigenvalue weighted by molar-refractivity contribution is 5.81. The average Bonchev–Trinajstić information content (AvgIpc) is 3.06. The zero-order valence-electron chi connectivity index (χ0n) is 18.4. The molecule has 0 saturated carbocycles. The van der Waals surface area contributed by atoms with Crippen LogP contribution in [0.4, 0.5) is 0 Å². The van der Waals surface area contributed by atoms with Gasteiger partial charge in [0, 0.05) is 25.7 Å². The lowest BCUT2D eigenvalue weighted by Crippen LogP contribution is -2.06. The predicted molar refractivity (Wildman–Crippen MR) is 116 cm³/mol. The first-order chi connectivity index (χ1) is 13.3. The van der Waals surface area contributed by atoms with Crippen LogP contribution in [0.3, 0.4) is 0 Å². The van der Waals surface area contributed by atoms with Gasteiger partial charge in [0.1, 0.15) is 11.6 Å². The predicted octanol–water partition coefficient (Wildman–Crippen LogP) is 6.88. The molecule has 0 aliphatic rings. The summed E-state index contributed by atoms with van der Waals surface area (Å²) in [7, 11) is 0. The molecule has 0 bridgehead atoms. The second kappa shape index (κ2) is 13.3. The SMILES string of the molecule is C/C(=C\CCC(C)CC(=O)C/C(C)=C/CCc1ccoc1)CC(=O)CC(C)C. The number of rotatable bonds is 14. The zero-order chi connectivity index (χ0) is 20.9. The fraction of sp³-hybridized carbons (Fsp3) is 0.600. The van der Waals surface area contributed by atoms with E-state index >= 15 is 0 Å². The number of aryl methyl sites for hydroxylation is 1. The summed E-state index contributed by atoms with van der Waals surface area (Å²) >= 11 is 0. The van der Waals surface area contributed by atoms with Gasteiger partial charge in [-0.05, 0) is 63.0 Å². The molecule has 0 radical (unpaired) electrons. The molecule has 28 heavy (non-hydrogen) atoms. The van der Waals surface area contributed by atoms with Crippen molar-refractivity contribution < 1.29 is 14.0 Å². The minimum Gasteiger partial charge on any atom is -0.472 e. The van der Waals surface area contributed by atoms with Crippen LogP contribution in [0.25, 0.3) is 0 Å². The van der Waals surface area contributed by atoms with Gasteiger partial charge in [0.2, 0.25) is 0 Å². The Balaban J connectivity index is 2.24. The Morgan fingerprint density at radius 1 is 0.964 bits per heavy atom. The fourth-order valence-corrected chi connectivity index (χ4v) is 3.39. The van der Waals surface area contributed by atoms with Crippen LogP contribution >= 0.6 is 0 Å². The fourth-order valence-electron chi connectivity index (χ4n) is 3.39. The Morgan fingerprint density at radius 3 is 2.14 bits per heavy atom. The molecule has 0 aliphatic carbocycles. The summed E-state index contributed by atoms with van der Waals surface area (Å²) < 4.78 is 5.07. The number of hydrogen-bond acceptors (Lipinski definition) is 3. The van der Waals surface area contributed by atoms with Crippen LogP contribution in [0.2, 0.25) is 0 Å². The summed E-state index contributed by atoms with van der Waals surface area (Å²) in [6, 6.07) is 1.98. The number of allylic oxidation sites excluding steroid dienone is 4. The van der Waals surface area contributed by atoms with Crippen molar-refractivity contribution in [2.75, 3.05) is 0 Å². The van der Waals surface area contributed by atoms with Gasteiger partial charge in [-0.25, -0.2) is 0 Å². The maximum atomic E-state index is 12.3. The minimum absolute atomic E-state index is 0.317. The lowest BCUT2D eigenvalue weighted by atomic mass is 9.95. The van der Waals surface area contributed by atoms with Gasteiger partial charge in [-0.15, -0.1) is 0 Å². The Labute approximate surface area is 171 Å². The van der Waals surface area contributed by atoms with E-state index in [1.54, 1.807) is 12.5 Å². The normalized spacial score (nSPS) is 13.8. The standard InChI is InChI=1S/C25H38O3/c1-19(2)14-24(26)15-20(3)8-6-9-21(4)16-25(27)17-22(5)10-7-11-23-12-13-28-18-23/h8,10,12-13,18-19,21H,6-7,9,11,14-17H2,1-5H3/b20-8+,22-10+. The highest BCUT2D eigenvalue weighted by atomic mass is 16.3. The first-order valence-electron chi connectivity index (χ1n) is 10.6. The van der Waals surface area contributed by atoms with Gasteiger partial charge in [0.05, 0.1) is 12.5 Å². The van der Waals surface area contributed by atoms with Gasteiger partial charge in [-0.2, -0.15) is 0 Å². The minimum atomic E-state index is 0.317. The van der Waals surface area contributed by atoms with Crippen molar-refractivity contribution >= 4 is 11.6 Å². The molecule has 0 amide bonds. The first kappa shape index (κ1) is 24.1. The van der Waals surface area contributed by atoms with E-state index in [1.165, 1.54) is 5.56 Å². The van der Waals surface area contributed by atoms with E-state index in [2.05, 4.69) is 32.9 Å². The van der Waals surface area contributed by atoms with Gasteiger partial charge in [0.15, 0.2) is 0 Å². The molecule has 1 rings (SSSR count). The van der Waals surface area contributed by atoms with Crippen LogP contribution in [0.1, 0.15) is 85.1 Å². The van der Waals surface area contributed by atoms with E-state index in [-0.39, 0.29) is 0 Å². The van der Waals surface area contributed by atoms with E-state index in [0.717, 1.165) is 36.8 Å². The summed E-state index contributed by atoms with van der Waals surface area (Å²) in [5.74, 6) is 1.44. The van der Waals surface area contributed by atoms with E-state index in [4.69, 9.17) is 4.42 Å². The van der Waals surface area contributed by atoms with E-state index < -0.39 is 0 Å². The molecule has 156 valence electrons. The quantitative estimate of drug-likeness (QED) is 0.328. The van der Waals surface area contributed by atoms with Crippen molar-refractivity contribution in [1.82, 2.24) is 0 Å². The highest BCUT2D eigenvalue weighted by Gasteiger charge is 2.10. The Hall–Kier alpha value is -1.90. The molecule has 0 N–H and O–H groups in total. The summed E-state index contributed by atoms with van der Waals surface area (Å²) in [4.78, 5) is 24.1. The third-order valence-electron chi connectivity index (χ3n) is 4.82. The lowest BCUT2D eigenvalue weighted by molar-refractivity contribution is -0.120. The van der Waals surface area contributed by atoms with Crippen molar-refractivity contribution in [3.63, 3.8) is 0 Å². The molecule has 0 fully saturated rings. The molecule has 1 aromatic heterocycles. The van der Waals surface area contributed by atoms with Crippen LogP contribution < -0.4 is 0 Å². The molecule has 1 heterocycles. The maximum absolute atomic E-state index is 12.3. The smallest absolute Gasteiger partial charge is 0.137 e. The number of Topliss-reactive ketones (excluding diaryl/α,β-unsaturated/α-hetero) is 2. The molecule has 1 aromatic rings. The Kier molecular flexibility index (Phi) is 11.5. The van der Waals surface area contributed by atoms with E-state index in [0.29, 0.717) is 49.1 Å². The maximum Gasteiger partial charge on any atom is 0.137 e.